The highest BCUT2D eigenvalue weighted by Gasteiger charge is 2.17. The van der Waals surface area contributed by atoms with E-state index in [0.29, 0.717) is 32.8 Å². The van der Waals surface area contributed by atoms with E-state index in [1.165, 1.54) is 0 Å². The van der Waals surface area contributed by atoms with Crippen LogP contribution in [0, 0.1) is 0 Å². The maximum atomic E-state index is 12.0. The third-order valence-electron chi connectivity index (χ3n) is 3.29. The Morgan fingerprint density at radius 1 is 1.42 bits per heavy atom. The van der Waals surface area contributed by atoms with Gasteiger partial charge < -0.3 is 15.0 Å². The zero-order valence-electron chi connectivity index (χ0n) is 11.1. The number of hydrogen-bond donors (Lipinski definition) is 1. The first-order valence-electron chi connectivity index (χ1n) is 6.52. The summed E-state index contributed by atoms with van der Waals surface area (Å²) in [5.41, 5.74) is 1.01. The number of carbonyl (C=O) groups excluding carboxylic acids is 1. The van der Waals surface area contributed by atoms with Crippen LogP contribution >= 0.6 is 11.6 Å². The van der Waals surface area contributed by atoms with Gasteiger partial charge in [0.25, 0.3) is 0 Å². The van der Waals surface area contributed by atoms with E-state index in [1.54, 1.807) is 0 Å². The highest BCUT2D eigenvalue weighted by Crippen LogP contribution is 2.21. The van der Waals surface area contributed by atoms with Crippen molar-refractivity contribution in [2.24, 2.45) is 0 Å². The van der Waals surface area contributed by atoms with Gasteiger partial charge in [-0.25, -0.2) is 0 Å². The lowest BCUT2D eigenvalue weighted by molar-refractivity contribution is -0.134. The molecule has 1 fully saturated rings. The molecule has 1 N–H and O–H groups in total. The van der Waals surface area contributed by atoms with Crippen molar-refractivity contribution in [2.45, 2.75) is 13.0 Å². The van der Waals surface area contributed by atoms with E-state index in [0.717, 1.165) is 10.6 Å². The van der Waals surface area contributed by atoms with Crippen molar-refractivity contribution < 1.29 is 9.53 Å². The van der Waals surface area contributed by atoms with E-state index in [4.69, 9.17) is 16.3 Å². The lowest BCUT2D eigenvalue weighted by Gasteiger charge is -2.27. The monoisotopic (exact) mass is 282 g/mol. The molecule has 104 valence electrons. The molecule has 1 heterocycles. The maximum Gasteiger partial charge on any atom is 0.236 e. The van der Waals surface area contributed by atoms with E-state index in [9.17, 15) is 4.79 Å². The summed E-state index contributed by atoms with van der Waals surface area (Å²) in [6.45, 7) is 4.96. The van der Waals surface area contributed by atoms with Crippen molar-refractivity contribution in [3.8, 4) is 0 Å². The van der Waals surface area contributed by atoms with Crippen molar-refractivity contribution >= 4 is 17.5 Å². The number of hydrogen-bond acceptors (Lipinski definition) is 3. The topological polar surface area (TPSA) is 41.6 Å². The minimum Gasteiger partial charge on any atom is -0.378 e. The van der Waals surface area contributed by atoms with E-state index in [-0.39, 0.29) is 11.9 Å². The van der Waals surface area contributed by atoms with Crippen LogP contribution in [-0.2, 0) is 9.53 Å². The molecule has 0 bridgehead atoms. The van der Waals surface area contributed by atoms with E-state index in [2.05, 4.69) is 5.32 Å². The second-order valence-electron chi connectivity index (χ2n) is 4.62. The molecule has 2 rings (SSSR count). The molecule has 4 nitrogen and oxygen atoms in total. The quantitative estimate of drug-likeness (QED) is 0.916. The molecule has 1 aliphatic rings. The first-order valence-corrected chi connectivity index (χ1v) is 6.89. The number of nitrogens with zero attached hydrogens (tertiary/aromatic N) is 1. The van der Waals surface area contributed by atoms with Gasteiger partial charge in [-0.2, -0.15) is 0 Å². The molecule has 1 atom stereocenters. The number of amides is 1. The van der Waals surface area contributed by atoms with E-state index in [1.807, 2.05) is 36.1 Å². The summed E-state index contributed by atoms with van der Waals surface area (Å²) in [5, 5.41) is 3.94. The predicted octanol–water partition coefficient (Wildman–Crippen LogP) is 1.85. The molecule has 0 saturated carbocycles. The summed E-state index contributed by atoms with van der Waals surface area (Å²) in [5.74, 6) is 0.113. The standard InChI is InChI=1S/C14H19ClN2O2/c1-11(12-4-2-3-5-13(12)15)16-10-14(18)17-6-8-19-9-7-17/h2-5,11,16H,6-10H2,1H3. The molecule has 1 aromatic rings. The van der Waals surface area contributed by atoms with Crippen LogP contribution in [0.2, 0.25) is 5.02 Å². The maximum absolute atomic E-state index is 12.0. The van der Waals surface area contributed by atoms with Crippen LogP contribution in [0.5, 0.6) is 0 Å². The molecule has 1 amide bonds. The van der Waals surface area contributed by atoms with Crippen molar-refractivity contribution in [3.63, 3.8) is 0 Å². The van der Waals surface area contributed by atoms with Gasteiger partial charge >= 0.3 is 0 Å². The first kappa shape index (κ1) is 14.3. The van der Waals surface area contributed by atoms with Crippen LogP contribution in [0.3, 0.4) is 0 Å². The fourth-order valence-electron chi connectivity index (χ4n) is 2.10. The Balaban J connectivity index is 1.84. The molecule has 1 unspecified atom stereocenters. The molecule has 19 heavy (non-hydrogen) atoms. The van der Waals surface area contributed by atoms with Gasteiger partial charge in [0.1, 0.15) is 0 Å². The lowest BCUT2D eigenvalue weighted by Crippen LogP contribution is -2.45. The minimum atomic E-state index is 0.0543. The van der Waals surface area contributed by atoms with Crippen molar-refractivity contribution in [1.29, 1.82) is 0 Å². The van der Waals surface area contributed by atoms with Crippen LogP contribution in [0.25, 0.3) is 0 Å². The first-order chi connectivity index (χ1) is 9.18. The molecule has 5 heteroatoms. The molecule has 1 saturated heterocycles. The largest absolute Gasteiger partial charge is 0.378 e. The molecule has 0 aromatic heterocycles. The molecule has 0 radical (unpaired) electrons. The van der Waals surface area contributed by atoms with E-state index >= 15 is 0 Å². The van der Waals surface area contributed by atoms with Crippen LogP contribution in [0.1, 0.15) is 18.5 Å². The number of benzene rings is 1. The summed E-state index contributed by atoms with van der Waals surface area (Å²) in [7, 11) is 0. The Bertz CT molecular complexity index is 433. The van der Waals surface area contributed by atoms with Gasteiger partial charge in [0.05, 0.1) is 19.8 Å². The van der Waals surface area contributed by atoms with Crippen LogP contribution in [0.4, 0.5) is 0 Å². The Labute approximate surface area is 118 Å². The Kier molecular flexibility index (Phi) is 5.19. The van der Waals surface area contributed by atoms with Crippen molar-refractivity contribution in [2.75, 3.05) is 32.8 Å². The van der Waals surface area contributed by atoms with Gasteiger partial charge in [0, 0.05) is 24.2 Å². The molecular formula is C14H19ClN2O2. The summed E-state index contributed by atoms with van der Waals surface area (Å²) < 4.78 is 5.23. The SMILES string of the molecule is CC(NCC(=O)N1CCOCC1)c1ccccc1Cl. The fraction of sp³-hybridized carbons (Fsp3) is 0.500. The highest BCUT2D eigenvalue weighted by molar-refractivity contribution is 6.31. The molecule has 0 spiro atoms. The average Bonchev–Trinajstić information content (AvgIpc) is 2.46. The lowest BCUT2D eigenvalue weighted by atomic mass is 10.1. The van der Waals surface area contributed by atoms with Gasteiger partial charge in [-0.3, -0.25) is 4.79 Å². The Morgan fingerprint density at radius 2 is 2.11 bits per heavy atom. The third-order valence-corrected chi connectivity index (χ3v) is 3.64. The second-order valence-corrected chi connectivity index (χ2v) is 5.02. The van der Waals surface area contributed by atoms with E-state index < -0.39 is 0 Å². The van der Waals surface area contributed by atoms with Gasteiger partial charge in [0.15, 0.2) is 0 Å². The van der Waals surface area contributed by atoms with Crippen LogP contribution < -0.4 is 5.32 Å². The third kappa shape index (κ3) is 3.93. The average molecular weight is 283 g/mol. The van der Waals surface area contributed by atoms with Gasteiger partial charge in [-0.15, -0.1) is 0 Å². The van der Waals surface area contributed by atoms with Crippen LogP contribution in [-0.4, -0.2) is 43.7 Å². The summed E-state index contributed by atoms with van der Waals surface area (Å²) >= 11 is 6.13. The predicted molar refractivity (Wildman–Crippen MR) is 75.3 cm³/mol. The molecule has 1 aliphatic heterocycles. The highest BCUT2D eigenvalue weighted by atomic mass is 35.5. The van der Waals surface area contributed by atoms with Gasteiger partial charge in [-0.05, 0) is 18.6 Å². The minimum absolute atomic E-state index is 0.0543. The number of halogens is 1. The fourth-order valence-corrected chi connectivity index (χ4v) is 2.40. The van der Waals surface area contributed by atoms with Crippen molar-refractivity contribution in [1.82, 2.24) is 10.2 Å². The molecular weight excluding hydrogens is 264 g/mol. The Morgan fingerprint density at radius 3 is 2.79 bits per heavy atom. The summed E-state index contributed by atoms with van der Waals surface area (Å²) in [4.78, 5) is 13.8. The number of morpholine rings is 1. The summed E-state index contributed by atoms with van der Waals surface area (Å²) in [6.07, 6.45) is 0. The number of rotatable bonds is 4. The van der Waals surface area contributed by atoms with Crippen LogP contribution in [0.15, 0.2) is 24.3 Å². The van der Waals surface area contributed by atoms with Gasteiger partial charge in [0.2, 0.25) is 5.91 Å². The summed E-state index contributed by atoms with van der Waals surface area (Å²) in [6, 6.07) is 7.73. The van der Waals surface area contributed by atoms with Gasteiger partial charge in [-0.1, -0.05) is 29.8 Å². The normalized spacial score (nSPS) is 17.3. The Hall–Kier alpha value is -1.10. The zero-order valence-corrected chi connectivity index (χ0v) is 11.8. The number of carbonyl (C=O) groups is 1. The molecule has 0 aliphatic carbocycles. The second kappa shape index (κ2) is 6.89. The molecule has 1 aromatic carbocycles. The number of nitrogens with one attached hydrogen (secondary N) is 1. The zero-order chi connectivity index (χ0) is 13.7. The van der Waals surface area contributed by atoms with Crippen molar-refractivity contribution in [3.05, 3.63) is 34.9 Å². The smallest absolute Gasteiger partial charge is 0.236 e. The number of ether oxygens (including phenoxy) is 1.